The molecule has 0 aliphatic rings. The van der Waals surface area contributed by atoms with Gasteiger partial charge in [-0.3, -0.25) is 9.59 Å². The predicted octanol–water partition coefficient (Wildman–Crippen LogP) is 0.0892. The second-order valence-electron chi connectivity index (χ2n) is 5.90. The summed E-state index contributed by atoms with van der Waals surface area (Å²) in [7, 11) is 0. The number of nitrogens with one attached hydrogen (secondary N) is 2. The van der Waals surface area contributed by atoms with Crippen molar-refractivity contribution in [2.75, 3.05) is 12.0 Å². The van der Waals surface area contributed by atoms with Crippen LogP contribution in [0.25, 0.3) is 0 Å². The standard InChI is InChI=1S/C17H25N3O5S/c1-10(18)15(22)20-14(9-11-3-5-12(21)6-4-11)16(23)19-13(17(24)25)7-8-26-2/h3-6,10,13-14,21H,7-9,18H2,1-2H3,(H,19,23)(H,20,22)(H,24,25). The Bertz CT molecular complexity index is 621. The lowest BCUT2D eigenvalue weighted by Crippen LogP contribution is -2.54. The number of carbonyl (C=O) groups excluding carboxylic acids is 2. The average Bonchev–Trinajstić information content (AvgIpc) is 2.59. The van der Waals surface area contributed by atoms with Gasteiger partial charge in [0.1, 0.15) is 17.8 Å². The van der Waals surface area contributed by atoms with Gasteiger partial charge < -0.3 is 26.6 Å². The van der Waals surface area contributed by atoms with Crippen LogP contribution in [0, 0.1) is 0 Å². The monoisotopic (exact) mass is 383 g/mol. The molecule has 26 heavy (non-hydrogen) atoms. The van der Waals surface area contributed by atoms with Gasteiger partial charge in [-0.05, 0) is 43.0 Å². The molecule has 0 saturated carbocycles. The minimum atomic E-state index is -1.13. The molecule has 1 rings (SSSR count). The van der Waals surface area contributed by atoms with E-state index in [-0.39, 0.29) is 18.6 Å². The summed E-state index contributed by atoms with van der Waals surface area (Å²) >= 11 is 1.48. The Kier molecular flexibility index (Phi) is 8.94. The summed E-state index contributed by atoms with van der Waals surface area (Å²) in [6, 6.07) is 3.36. The molecule has 144 valence electrons. The highest BCUT2D eigenvalue weighted by Gasteiger charge is 2.27. The van der Waals surface area contributed by atoms with Gasteiger partial charge in [0.25, 0.3) is 0 Å². The van der Waals surface area contributed by atoms with Crippen molar-refractivity contribution in [3.63, 3.8) is 0 Å². The second kappa shape index (κ2) is 10.7. The van der Waals surface area contributed by atoms with E-state index in [1.807, 2.05) is 6.26 Å². The van der Waals surface area contributed by atoms with Crippen molar-refractivity contribution in [2.24, 2.45) is 5.73 Å². The third-order valence-corrected chi connectivity index (χ3v) is 4.29. The van der Waals surface area contributed by atoms with Gasteiger partial charge >= 0.3 is 5.97 Å². The quantitative estimate of drug-likeness (QED) is 0.385. The van der Waals surface area contributed by atoms with Crippen LogP contribution in [0.5, 0.6) is 5.75 Å². The number of phenols is 1. The number of hydrogen-bond acceptors (Lipinski definition) is 6. The third kappa shape index (κ3) is 7.32. The molecule has 9 heteroatoms. The number of nitrogens with two attached hydrogens (primary N) is 1. The molecule has 3 atom stereocenters. The summed E-state index contributed by atoms with van der Waals surface area (Å²) in [6.45, 7) is 1.49. The maximum Gasteiger partial charge on any atom is 0.326 e. The number of carbonyl (C=O) groups is 3. The van der Waals surface area contributed by atoms with Gasteiger partial charge in [-0.2, -0.15) is 11.8 Å². The van der Waals surface area contributed by atoms with Crippen LogP contribution < -0.4 is 16.4 Å². The van der Waals surface area contributed by atoms with Crippen molar-refractivity contribution in [3.8, 4) is 5.75 Å². The Morgan fingerprint density at radius 1 is 1.12 bits per heavy atom. The molecule has 0 spiro atoms. The smallest absolute Gasteiger partial charge is 0.326 e. The number of benzene rings is 1. The van der Waals surface area contributed by atoms with E-state index in [1.165, 1.54) is 30.8 Å². The van der Waals surface area contributed by atoms with E-state index in [2.05, 4.69) is 10.6 Å². The zero-order valence-electron chi connectivity index (χ0n) is 14.8. The van der Waals surface area contributed by atoms with Crippen molar-refractivity contribution in [2.45, 2.75) is 37.9 Å². The van der Waals surface area contributed by atoms with E-state index in [4.69, 9.17) is 5.73 Å². The van der Waals surface area contributed by atoms with E-state index in [0.29, 0.717) is 11.3 Å². The maximum atomic E-state index is 12.6. The number of aromatic hydroxyl groups is 1. The summed E-state index contributed by atoms with van der Waals surface area (Å²) < 4.78 is 0. The van der Waals surface area contributed by atoms with Gasteiger partial charge in [0.05, 0.1) is 6.04 Å². The highest BCUT2D eigenvalue weighted by Crippen LogP contribution is 2.12. The lowest BCUT2D eigenvalue weighted by molar-refractivity contribution is -0.142. The van der Waals surface area contributed by atoms with Crippen LogP contribution in [-0.2, 0) is 20.8 Å². The average molecular weight is 383 g/mol. The number of thioether (sulfide) groups is 1. The number of amides is 2. The van der Waals surface area contributed by atoms with Gasteiger partial charge in [-0.1, -0.05) is 12.1 Å². The molecule has 1 aromatic rings. The summed E-state index contributed by atoms with van der Waals surface area (Å²) in [5.74, 6) is -1.58. The Morgan fingerprint density at radius 2 is 1.69 bits per heavy atom. The topological polar surface area (TPSA) is 142 Å². The van der Waals surface area contributed by atoms with Crippen LogP contribution >= 0.6 is 11.8 Å². The molecule has 3 unspecified atom stereocenters. The second-order valence-corrected chi connectivity index (χ2v) is 6.89. The first kappa shape index (κ1) is 21.8. The van der Waals surface area contributed by atoms with Crippen molar-refractivity contribution in [3.05, 3.63) is 29.8 Å². The maximum absolute atomic E-state index is 12.6. The largest absolute Gasteiger partial charge is 0.508 e. The van der Waals surface area contributed by atoms with E-state index >= 15 is 0 Å². The van der Waals surface area contributed by atoms with E-state index in [1.54, 1.807) is 12.1 Å². The minimum absolute atomic E-state index is 0.0809. The van der Waals surface area contributed by atoms with Crippen LogP contribution in [0.1, 0.15) is 18.9 Å². The van der Waals surface area contributed by atoms with Crippen LogP contribution in [0.4, 0.5) is 0 Å². The van der Waals surface area contributed by atoms with Crippen molar-refractivity contribution in [1.29, 1.82) is 0 Å². The Labute approximate surface area is 156 Å². The van der Waals surface area contributed by atoms with E-state index in [0.717, 1.165) is 0 Å². The number of carboxylic acids is 1. The molecule has 1 aromatic carbocycles. The Morgan fingerprint density at radius 3 is 2.19 bits per heavy atom. The SMILES string of the molecule is CSCCC(NC(=O)C(Cc1ccc(O)cc1)NC(=O)C(C)N)C(=O)O. The number of phenolic OH excluding ortho intramolecular Hbond substituents is 1. The molecule has 0 aliphatic carbocycles. The molecule has 6 N–H and O–H groups in total. The molecule has 0 bridgehead atoms. The number of hydrogen-bond donors (Lipinski definition) is 5. The molecule has 8 nitrogen and oxygen atoms in total. The molecular formula is C17H25N3O5S. The van der Waals surface area contributed by atoms with Gasteiger partial charge in [-0.25, -0.2) is 4.79 Å². The normalized spacial score (nSPS) is 14.1. The first-order valence-corrected chi connectivity index (χ1v) is 9.50. The van der Waals surface area contributed by atoms with Gasteiger partial charge in [0.15, 0.2) is 0 Å². The third-order valence-electron chi connectivity index (χ3n) is 3.65. The highest BCUT2D eigenvalue weighted by atomic mass is 32.2. The van der Waals surface area contributed by atoms with E-state index < -0.39 is 35.9 Å². The zero-order valence-corrected chi connectivity index (χ0v) is 15.6. The van der Waals surface area contributed by atoms with Crippen molar-refractivity contribution >= 4 is 29.5 Å². The van der Waals surface area contributed by atoms with Gasteiger partial charge in [-0.15, -0.1) is 0 Å². The molecule has 0 aliphatic heterocycles. The fourth-order valence-corrected chi connectivity index (χ4v) is 2.62. The van der Waals surface area contributed by atoms with Crippen molar-refractivity contribution in [1.82, 2.24) is 10.6 Å². The highest BCUT2D eigenvalue weighted by molar-refractivity contribution is 7.98. The Balaban J connectivity index is 2.90. The molecule has 0 saturated heterocycles. The molecular weight excluding hydrogens is 358 g/mol. The fourth-order valence-electron chi connectivity index (χ4n) is 2.15. The number of carboxylic acid groups (broad SMARTS) is 1. The van der Waals surface area contributed by atoms with Crippen LogP contribution in [0.2, 0.25) is 0 Å². The molecule has 0 radical (unpaired) electrons. The van der Waals surface area contributed by atoms with Gasteiger partial charge in [0, 0.05) is 6.42 Å². The number of rotatable bonds is 10. The molecule has 0 heterocycles. The zero-order chi connectivity index (χ0) is 19.7. The first-order chi connectivity index (χ1) is 12.2. The van der Waals surface area contributed by atoms with Crippen molar-refractivity contribution < 1.29 is 24.6 Å². The molecule has 0 fully saturated rings. The summed E-state index contributed by atoms with van der Waals surface area (Å²) in [6.07, 6.45) is 2.26. The summed E-state index contributed by atoms with van der Waals surface area (Å²) in [5.41, 5.74) is 6.24. The Hall–Kier alpha value is -2.26. The molecule has 0 aromatic heterocycles. The van der Waals surface area contributed by atoms with Crippen LogP contribution in [0.15, 0.2) is 24.3 Å². The first-order valence-electron chi connectivity index (χ1n) is 8.10. The van der Waals surface area contributed by atoms with Crippen LogP contribution in [0.3, 0.4) is 0 Å². The minimum Gasteiger partial charge on any atom is -0.508 e. The van der Waals surface area contributed by atoms with E-state index in [9.17, 15) is 24.6 Å². The summed E-state index contributed by atoms with van der Waals surface area (Å²) in [4.78, 5) is 35.8. The van der Waals surface area contributed by atoms with Gasteiger partial charge in [0.2, 0.25) is 11.8 Å². The fraction of sp³-hybridized carbons (Fsp3) is 0.471. The number of aliphatic carboxylic acids is 1. The predicted molar refractivity (Wildman–Crippen MR) is 100.0 cm³/mol. The summed E-state index contributed by atoms with van der Waals surface area (Å²) in [5, 5.41) is 23.6. The van der Waals surface area contributed by atoms with Crippen LogP contribution in [-0.4, -0.2) is 58.1 Å². The molecule has 2 amide bonds. The lowest BCUT2D eigenvalue weighted by Gasteiger charge is -2.22. The lowest BCUT2D eigenvalue weighted by atomic mass is 10.0.